The molecule has 0 aliphatic rings. The summed E-state index contributed by atoms with van der Waals surface area (Å²) < 4.78 is 38.3. The normalized spacial score (nSPS) is 11.9. The highest BCUT2D eigenvalue weighted by Gasteiger charge is 2.35. The molecule has 0 N–H and O–H groups in total. The second kappa shape index (κ2) is 3.08. The van der Waals surface area contributed by atoms with Crippen molar-refractivity contribution in [1.82, 2.24) is 9.38 Å². The Bertz CT molecular complexity index is 559. The fourth-order valence-electron chi connectivity index (χ4n) is 1.28. The smallest absolute Gasteiger partial charge is 0.297 e. The van der Waals surface area contributed by atoms with Crippen molar-refractivity contribution in [2.24, 2.45) is 0 Å². The van der Waals surface area contributed by atoms with Crippen LogP contribution in [0.2, 0.25) is 0 Å². The van der Waals surface area contributed by atoms with Crippen molar-refractivity contribution >= 4 is 5.52 Å². The van der Waals surface area contributed by atoms with Crippen molar-refractivity contribution in [1.29, 1.82) is 0 Å². The minimum absolute atomic E-state index is 0.171. The highest BCUT2D eigenvalue weighted by Crippen LogP contribution is 2.26. The third-order valence-electron chi connectivity index (χ3n) is 1.86. The molecule has 2 rings (SSSR count). The average Bonchev–Trinajstić information content (AvgIpc) is 2.15. The van der Waals surface area contributed by atoms with Gasteiger partial charge >= 0.3 is 6.18 Å². The van der Waals surface area contributed by atoms with E-state index < -0.39 is 17.6 Å². The third kappa shape index (κ3) is 1.70. The molecule has 0 spiro atoms. The van der Waals surface area contributed by atoms with E-state index in [-0.39, 0.29) is 5.52 Å². The number of hydrogen-bond acceptors (Lipinski definition) is 2. The average molecular weight is 214 g/mol. The summed E-state index contributed by atoms with van der Waals surface area (Å²) in [7, 11) is 0. The number of pyridine rings is 1. The Kier molecular flexibility index (Phi) is 1.99. The number of halogens is 3. The van der Waals surface area contributed by atoms with Crippen LogP contribution < -0.4 is 5.56 Å². The molecular formula is C9H5F3N2O. The van der Waals surface area contributed by atoms with E-state index in [1.54, 1.807) is 6.07 Å². The van der Waals surface area contributed by atoms with Crippen molar-refractivity contribution in [2.75, 3.05) is 0 Å². The van der Waals surface area contributed by atoms with Crippen molar-refractivity contribution in [3.63, 3.8) is 0 Å². The Morgan fingerprint density at radius 2 is 2.00 bits per heavy atom. The molecule has 0 fully saturated rings. The molecule has 0 unspecified atom stereocenters. The summed E-state index contributed by atoms with van der Waals surface area (Å²) in [5.74, 6) is -1.20. The third-order valence-corrected chi connectivity index (χ3v) is 1.86. The van der Waals surface area contributed by atoms with Gasteiger partial charge in [-0.05, 0) is 12.1 Å². The van der Waals surface area contributed by atoms with Gasteiger partial charge in [-0.2, -0.15) is 18.2 Å². The predicted octanol–water partition coefficient (Wildman–Crippen LogP) is 1.71. The number of aromatic nitrogens is 2. The lowest BCUT2D eigenvalue weighted by Crippen LogP contribution is -2.21. The summed E-state index contributed by atoms with van der Waals surface area (Å²) in [4.78, 5) is 13.9. The van der Waals surface area contributed by atoms with E-state index in [2.05, 4.69) is 4.98 Å². The molecule has 78 valence electrons. The zero-order valence-corrected chi connectivity index (χ0v) is 7.32. The van der Waals surface area contributed by atoms with Crippen molar-refractivity contribution in [3.8, 4) is 0 Å². The van der Waals surface area contributed by atoms with Gasteiger partial charge in [-0.3, -0.25) is 9.20 Å². The van der Waals surface area contributed by atoms with E-state index in [0.29, 0.717) is 0 Å². The number of rotatable bonds is 0. The monoisotopic (exact) mass is 214 g/mol. The maximum absolute atomic E-state index is 12.5. The number of hydrogen-bond donors (Lipinski definition) is 0. The molecule has 3 nitrogen and oxygen atoms in total. The summed E-state index contributed by atoms with van der Waals surface area (Å²) in [5, 5.41) is 0. The van der Waals surface area contributed by atoms with Crippen molar-refractivity contribution in [2.45, 2.75) is 6.18 Å². The summed E-state index contributed by atoms with van der Waals surface area (Å²) >= 11 is 0. The lowest BCUT2D eigenvalue weighted by Gasteiger charge is -2.09. The van der Waals surface area contributed by atoms with E-state index in [0.717, 1.165) is 10.5 Å². The first-order chi connectivity index (χ1) is 6.98. The standard InChI is InChI=1S/C9H5F3N2O/c10-9(11,12)8-13-7(15)5-6-3-1-2-4-14(6)8/h1-5H. The van der Waals surface area contributed by atoms with E-state index in [4.69, 9.17) is 0 Å². The molecule has 0 amide bonds. The zero-order valence-electron chi connectivity index (χ0n) is 7.32. The lowest BCUT2D eigenvalue weighted by atomic mass is 10.3. The SMILES string of the molecule is O=c1cc2ccccn2c(C(F)(F)F)n1. The Hall–Kier alpha value is -1.85. The molecule has 15 heavy (non-hydrogen) atoms. The first-order valence-electron chi connectivity index (χ1n) is 4.04. The van der Waals surface area contributed by atoms with Gasteiger partial charge in [0.2, 0.25) is 5.82 Å². The Morgan fingerprint density at radius 3 is 2.67 bits per heavy atom. The second-order valence-electron chi connectivity index (χ2n) is 2.91. The van der Waals surface area contributed by atoms with Crippen molar-refractivity contribution < 1.29 is 13.2 Å². The van der Waals surface area contributed by atoms with Crippen molar-refractivity contribution in [3.05, 3.63) is 46.6 Å². The van der Waals surface area contributed by atoms with E-state index in [1.165, 1.54) is 18.3 Å². The fraction of sp³-hybridized carbons (Fsp3) is 0.111. The van der Waals surface area contributed by atoms with Crippen LogP contribution in [-0.2, 0) is 6.18 Å². The van der Waals surface area contributed by atoms with Crippen LogP contribution in [0.15, 0.2) is 35.3 Å². The second-order valence-corrected chi connectivity index (χ2v) is 2.91. The summed E-state index contributed by atoms with van der Waals surface area (Å²) in [6.45, 7) is 0. The molecular weight excluding hydrogens is 209 g/mol. The van der Waals surface area contributed by atoms with Gasteiger partial charge in [0.05, 0.1) is 5.52 Å². The van der Waals surface area contributed by atoms with Crippen LogP contribution in [0.3, 0.4) is 0 Å². The minimum atomic E-state index is -4.63. The Labute approximate surface area is 81.8 Å². The molecule has 0 bridgehead atoms. The minimum Gasteiger partial charge on any atom is -0.297 e. The van der Waals surface area contributed by atoms with Crippen LogP contribution in [0.1, 0.15) is 5.82 Å². The lowest BCUT2D eigenvalue weighted by molar-refractivity contribution is -0.146. The van der Waals surface area contributed by atoms with Gasteiger partial charge in [0.25, 0.3) is 5.56 Å². The fourth-order valence-corrected chi connectivity index (χ4v) is 1.28. The first kappa shape index (κ1) is 9.70. The molecule has 0 saturated carbocycles. The topological polar surface area (TPSA) is 34.4 Å². The molecule has 0 aliphatic heterocycles. The van der Waals surface area contributed by atoms with Gasteiger partial charge < -0.3 is 0 Å². The van der Waals surface area contributed by atoms with Gasteiger partial charge in [-0.25, -0.2) is 0 Å². The number of nitrogens with zero attached hydrogens (tertiary/aromatic N) is 2. The number of alkyl halides is 3. The maximum Gasteiger partial charge on any atom is 0.450 e. The van der Waals surface area contributed by atoms with Crippen LogP contribution >= 0.6 is 0 Å². The van der Waals surface area contributed by atoms with Gasteiger partial charge in [0.15, 0.2) is 0 Å². The summed E-state index contributed by atoms with van der Waals surface area (Å²) in [6, 6.07) is 5.46. The van der Waals surface area contributed by atoms with Gasteiger partial charge in [-0.1, -0.05) is 6.07 Å². The number of fused-ring (bicyclic) bond motifs is 1. The zero-order chi connectivity index (χ0) is 11.1. The van der Waals surface area contributed by atoms with Crippen LogP contribution in [0.5, 0.6) is 0 Å². The van der Waals surface area contributed by atoms with E-state index >= 15 is 0 Å². The highest BCUT2D eigenvalue weighted by molar-refractivity contribution is 5.45. The molecule has 0 radical (unpaired) electrons. The Morgan fingerprint density at radius 1 is 1.27 bits per heavy atom. The molecule has 2 heterocycles. The van der Waals surface area contributed by atoms with Gasteiger partial charge in [0.1, 0.15) is 0 Å². The van der Waals surface area contributed by atoms with Crippen LogP contribution in [0, 0.1) is 0 Å². The molecule has 0 saturated heterocycles. The summed E-state index contributed by atoms with van der Waals surface area (Å²) in [5.41, 5.74) is -0.724. The first-order valence-corrected chi connectivity index (χ1v) is 4.04. The highest BCUT2D eigenvalue weighted by atomic mass is 19.4. The quantitative estimate of drug-likeness (QED) is 0.669. The molecule has 2 aromatic rings. The maximum atomic E-state index is 12.5. The predicted molar refractivity (Wildman–Crippen MR) is 46.5 cm³/mol. The van der Waals surface area contributed by atoms with Gasteiger partial charge in [-0.15, -0.1) is 0 Å². The molecule has 6 heteroatoms. The summed E-state index contributed by atoms with van der Waals surface area (Å²) in [6.07, 6.45) is -3.42. The van der Waals surface area contributed by atoms with Crippen LogP contribution in [0.25, 0.3) is 5.52 Å². The molecule has 0 atom stereocenters. The van der Waals surface area contributed by atoms with Crippen LogP contribution in [-0.4, -0.2) is 9.38 Å². The van der Waals surface area contributed by atoms with E-state index in [1.807, 2.05) is 0 Å². The van der Waals surface area contributed by atoms with Crippen LogP contribution in [0.4, 0.5) is 13.2 Å². The van der Waals surface area contributed by atoms with Gasteiger partial charge in [0, 0.05) is 12.3 Å². The molecule has 0 aromatic carbocycles. The molecule has 0 aliphatic carbocycles. The molecule has 2 aromatic heterocycles. The van der Waals surface area contributed by atoms with E-state index in [9.17, 15) is 18.0 Å². The Balaban J connectivity index is 2.89. The largest absolute Gasteiger partial charge is 0.450 e.